The Kier molecular flexibility index (Phi) is 7.04. The van der Waals surface area contributed by atoms with E-state index in [0.717, 1.165) is 17.0 Å². The fourth-order valence-corrected chi connectivity index (χ4v) is 3.94. The van der Waals surface area contributed by atoms with Crippen LogP contribution in [0.1, 0.15) is 44.9 Å². The highest BCUT2D eigenvalue weighted by molar-refractivity contribution is 6.33. The molecule has 2 atom stereocenters. The number of benzene rings is 3. The highest BCUT2D eigenvalue weighted by atomic mass is 35.5. The minimum absolute atomic E-state index is 0.128. The molecule has 1 aliphatic heterocycles. The molecule has 4 rings (SSSR count). The van der Waals surface area contributed by atoms with Crippen molar-refractivity contribution in [2.24, 2.45) is 0 Å². The number of ether oxygens (including phenoxy) is 1. The molecule has 3 aromatic carbocycles. The molecule has 3 aromatic rings. The summed E-state index contributed by atoms with van der Waals surface area (Å²) >= 11 is 5.99. The van der Waals surface area contributed by atoms with Gasteiger partial charge in [0.15, 0.2) is 0 Å². The topological polar surface area (TPSA) is 92.8 Å². The number of halogens is 4. The number of esters is 1. The molecule has 0 bridgehead atoms. The zero-order valence-electron chi connectivity index (χ0n) is 19.1. The zero-order valence-corrected chi connectivity index (χ0v) is 19.8. The van der Waals surface area contributed by atoms with Crippen molar-refractivity contribution in [1.29, 1.82) is 0 Å². The predicted octanol–water partition coefficient (Wildman–Crippen LogP) is 5.27. The summed E-state index contributed by atoms with van der Waals surface area (Å²) in [6, 6.07) is 14.8. The summed E-state index contributed by atoms with van der Waals surface area (Å²) in [5.74, 6) is -3.45. The van der Waals surface area contributed by atoms with E-state index in [1.165, 1.54) is 31.2 Å². The maximum Gasteiger partial charge on any atom is 0.416 e. The average Bonchev–Trinajstić information content (AvgIpc) is 3.12. The number of fused-ring (bicyclic) bond motifs is 1. The van der Waals surface area contributed by atoms with Crippen LogP contribution >= 0.6 is 11.6 Å². The summed E-state index contributed by atoms with van der Waals surface area (Å²) in [5.41, 5.74) is -0.926. The van der Waals surface area contributed by atoms with Crippen molar-refractivity contribution < 1.29 is 37.1 Å². The van der Waals surface area contributed by atoms with Gasteiger partial charge in [-0.25, -0.2) is 4.79 Å². The van der Waals surface area contributed by atoms with Gasteiger partial charge in [-0.15, -0.1) is 0 Å². The standard InChI is InChI=1S/C26H18ClF3N2O5/c1-14(32-23(34)17-9-5-6-10-18(17)24(32)35)25(36)37-21(15-7-3-2-4-8-15)22(33)31-20-13-16(26(28,29)30)11-12-19(20)27/h2-14,21H,1H3,(H,31,33)/t14-,21+/m0/s1. The molecule has 11 heteroatoms. The monoisotopic (exact) mass is 530 g/mol. The maximum atomic E-state index is 13.1. The summed E-state index contributed by atoms with van der Waals surface area (Å²) < 4.78 is 44.9. The predicted molar refractivity (Wildman–Crippen MR) is 127 cm³/mol. The first kappa shape index (κ1) is 25.9. The van der Waals surface area contributed by atoms with Crippen LogP contribution in [0.15, 0.2) is 72.8 Å². The summed E-state index contributed by atoms with van der Waals surface area (Å²) in [6.07, 6.45) is -6.31. The summed E-state index contributed by atoms with van der Waals surface area (Å²) in [5, 5.41) is 2.10. The number of hydrogen-bond donors (Lipinski definition) is 1. The van der Waals surface area contributed by atoms with Crippen molar-refractivity contribution in [2.45, 2.75) is 25.2 Å². The molecule has 0 saturated carbocycles. The normalized spacial score (nSPS) is 14.7. The van der Waals surface area contributed by atoms with Crippen LogP contribution in [-0.2, 0) is 20.5 Å². The SMILES string of the molecule is C[C@@H](C(=O)O[C@@H](C(=O)Nc1cc(C(F)(F)F)ccc1Cl)c1ccccc1)N1C(=O)c2ccccc2C1=O. The number of carbonyl (C=O) groups is 4. The van der Waals surface area contributed by atoms with Gasteiger partial charge in [0.1, 0.15) is 6.04 Å². The minimum Gasteiger partial charge on any atom is -0.446 e. The molecule has 37 heavy (non-hydrogen) atoms. The molecule has 0 unspecified atom stereocenters. The molecule has 7 nitrogen and oxygen atoms in total. The summed E-state index contributed by atoms with van der Waals surface area (Å²) in [6.45, 7) is 1.27. The fraction of sp³-hybridized carbons (Fsp3) is 0.154. The van der Waals surface area contributed by atoms with E-state index in [9.17, 15) is 32.3 Å². The van der Waals surface area contributed by atoms with Gasteiger partial charge in [0.25, 0.3) is 17.7 Å². The van der Waals surface area contributed by atoms with E-state index in [1.54, 1.807) is 30.3 Å². The molecule has 3 amide bonds. The lowest BCUT2D eigenvalue weighted by Gasteiger charge is -2.24. The third-order valence-electron chi connectivity index (χ3n) is 5.68. The van der Waals surface area contributed by atoms with E-state index in [0.29, 0.717) is 6.07 Å². The molecule has 0 radical (unpaired) electrons. The van der Waals surface area contributed by atoms with Gasteiger partial charge in [0.2, 0.25) is 6.10 Å². The Labute approximate surface area is 213 Å². The van der Waals surface area contributed by atoms with Gasteiger partial charge in [0.05, 0.1) is 27.4 Å². The van der Waals surface area contributed by atoms with Crippen LogP contribution in [0.4, 0.5) is 18.9 Å². The number of imide groups is 1. The molecule has 1 heterocycles. The molecule has 0 aliphatic carbocycles. The van der Waals surface area contributed by atoms with Gasteiger partial charge in [-0.3, -0.25) is 19.3 Å². The Morgan fingerprint density at radius 1 is 0.919 bits per heavy atom. The zero-order chi connectivity index (χ0) is 26.9. The van der Waals surface area contributed by atoms with Gasteiger partial charge < -0.3 is 10.1 Å². The van der Waals surface area contributed by atoms with Crippen LogP contribution in [0.5, 0.6) is 0 Å². The number of hydrogen-bond acceptors (Lipinski definition) is 5. The Morgan fingerprint density at radius 2 is 1.49 bits per heavy atom. The van der Waals surface area contributed by atoms with Crippen molar-refractivity contribution in [2.75, 3.05) is 5.32 Å². The Hall–Kier alpha value is -4.18. The lowest BCUT2D eigenvalue weighted by Crippen LogP contribution is -2.44. The summed E-state index contributed by atoms with van der Waals surface area (Å²) in [4.78, 5) is 52.4. The molecule has 1 N–H and O–H groups in total. The smallest absolute Gasteiger partial charge is 0.416 e. The van der Waals surface area contributed by atoms with Gasteiger partial charge in [-0.05, 0) is 37.3 Å². The van der Waals surface area contributed by atoms with E-state index in [-0.39, 0.29) is 27.4 Å². The fourth-order valence-electron chi connectivity index (χ4n) is 3.78. The van der Waals surface area contributed by atoms with Gasteiger partial charge in [-0.1, -0.05) is 54.1 Å². The lowest BCUT2D eigenvalue weighted by molar-refractivity contribution is -0.158. The van der Waals surface area contributed by atoms with E-state index in [1.807, 2.05) is 0 Å². The van der Waals surface area contributed by atoms with E-state index >= 15 is 0 Å². The average molecular weight is 531 g/mol. The van der Waals surface area contributed by atoms with Gasteiger partial charge in [-0.2, -0.15) is 13.2 Å². The summed E-state index contributed by atoms with van der Waals surface area (Å²) in [7, 11) is 0. The first-order valence-corrected chi connectivity index (χ1v) is 11.3. The van der Waals surface area contributed by atoms with E-state index in [2.05, 4.69) is 5.32 Å². The maximum absolute atomic E-state index is 13.1. The molecule has 0 aromatic heterocycles. The number of carbonyl (C=O) groups excluding carboxylic acids is 4. The van der Waals surface area contributed by atoms with Crippen LogP contribution in [0, 0.1) is 0 Å². The van der Waals surface area contributed by atoms with E-state index < -0.39 is 47.6 Å². The van der Waals surface area contributed by atoms with Crippen molar-refractivity contribution >= 4 is 41.0 Å². The van der Waals surface area contributed by atoms with Crippen LogP contribution in [0.2, 0.25) is 5.02 Å². The molecule has 0 saturated heterocycles. The molecular formula is C26H18ClF3N2O5. The molecule has 1 aliphatic rings. The van der Waals surface area contributed by atoms with Crippen LogP contribution in [0.25, 0.3) is 0 Å². The minimum atomic E-state index is -4.68. The van der Waals surface area contributed by atoms with Crippen LogP contribution in [-0.4, -0.2) is 34.6 Å². The number of amides is 3. The Balaban J connectivity index is 1.59. The van der Waals surface area contributed by atoms with Gasteiger partial charge in [0, 0.05) is 5.56 Å². The number of anilines is 1. The van der Waals surface area contributed by atoms with Crippen molar-refractivity contribution in [3.05, 3.63) is 100 Å². The second-order valence-corrected chi connectivity index (χ2v) is 8.52. The van der Waals surface area contributed by atoms with Crippen molar-refractivity contribution in [3.63, 3.8) is 0 Å². The first-order valence-electron chi connectivity index (χ1n) is 10.9. The highest BCUT2D eigenvalue weighted by Crippen LogP contribution is 2.34. The first-order chi connectivity index (χ1) is 17.5. The second kappa shape index (κ2) is 10.1. The highest BCUT2D eigenvalue weighted by Gasteiger charge is 2.42. The van der Waals surface area contributed by atoms with Crippen LogP contribution < -0.4 is 5.32 Å². The van der Waals surface area contributed by atoms with Crippen molar-refractivity contribution in [1.82, 2.24) is 4.90 Å². The van der Waals surface area contributed by atoms with Crippen molar-refractivity contribution in [3.8, 4) is 0 Å². The number of alkyl halides is 3. The van der Waals surface area contributed by atoms with Crippen LogP contribution in [0.3, 0.4) is 0 Å². The largest absolute Gasteiger partial charge is 0.446 e. The molecule has 0 fully saturated rings. The quantitative estimate of drug-likeness (QED) is 0.346. The number of nitrogens with zero attached hydrogens (tertiary/aromatic N) is 1. The number of nitrogens with one attached hydrogen (secondary N) is 1. The Bertz CT molecular complexity index is 1360. The lowest BCUT2D eigenvalue weighted by atomic mass is 10.1. The number of rotatable bonds is 6. The van der Waals surface area contributed by atoms with E-state index in [4.69, 9.17) is 16.3 Å². The van der Waals surface area contributed by atoms with Gasteiger partial charge >= 0.3 is 12.1 Å². The third-order valence-corrected chi connectivity index (χ3v) is 6.01. The third kappa shape index (κ3) is 5.19. The Morgan fingerprint density at radius 3 is 2.05 bits per heavy atom. The molecular weight excluding hydrogens is 513 g/mol. The molecule has 0 spiro atoms. The molecule has 190 valence electrons. The second-order valence-electron chi connectivity index (χ2n) is 8.11.